The van der Waals surface area contributed by atoms with Gasteiger partial charge in [-0.2, -0.15) is 4.98 Å². The van der Waals surface area contributed by atoms with E-state index >= 15 is 0 Å². The molecule has 164 valence electrons. The van der Waals surface area contributed by atoms with Crippen molar-refractivity contribution in [3.8, 4) is 22.9 Å². The number of hydrogen-bond acceptors (Lipinski definition) is 8. The van der Waals surface area contributed by atoms with Gasteiger partial charge in [-0.3, -0.25) is 20.0 Å². The number of aryl methyl sites for hydroxylation is 1. The molecule has 32 heavy (non-hydrogen) atoms. The molecule has 0 aliphatic heterocycles. The topological polar surface area (TPSA) is 131 Å². The van der Waals surface area contributed by atoms with E-state index in [-0.39, 0.29) is 11.7 Å². The number of amides is 2. The van der Waals surface area contributed by atoms with Gasteiger partial charge in [0.25, 0.3) is 11.8 Å². The van der Waals surface area contributed by atoms with Gasteiger partial charge in [0.15, 0.2) is 11.6 Å². The number of carbonyl (C=O) groups is 2. The molecule has 4 aromatic rings. The number of H-pyrrole nitrogens is 1. The van der Waals surface area contributed by atoms with Crippen LogP contribution in [0, 0.1) is 6.92 Å². The molecule has 0 spiro atoms. The van der Waals surface area contributed by atoms with Crippen LogP contribution in [-0.4, -0.2) is 41.2 Å². The van der Waals surface area contributed by atoms with Crippen LogP contribution in [0.15, 0.2) is 47.1 Å². The molecule has 0 aliphatic carbocycles. The average molecular weight is 453 g/mol. The number of carbonyl (C=O) groups excluding carboxylic acids is 2. The maximum Gasteiger partial charge on any atom is 0.291 e. The molecular formula is C21H19N5O5S. The predicted octanol–water partition coefficient (Wildman–Crippen LogP) is 3.96. The van der Waals surface area contributed by atoms with Crippen LogP contribution in [0.25, 0.3) is 11.4 Å². The van der Waals surface area contributed by atoms with E-state index in [2.05, 4.69) is 25.8 Å². The number of rotatable bonds is 7. The molecule has 1 aromatic carbocycles. The van der Waals surface area contributed by atoms with Gasteiger partial charge in [0.2, 0.25) is 5.95 Å². The third-order valence-corrected chi connectivity index (χ3v) is 5.63. The van der Waals surface area contributed by atoms with E-state index in [0.717, 1.165) is 11.3 Å². The van der Waals surface area contributed by atoms with Crippen molar-refractivity contribution in [2.75, 3.05) is 24.9 Å². The van der Waals surface area contributed by atoms with Gasteiger partial charge >= 0.3 is 0 Å². The quantitative estimate of drug-likeness (QED) is 0.386. The minimum Gasteiger partial charge on any atom is -0.497 e. The van der Waals surface area contributed by atoms with Crippen molar-refractivity contribution >= 4 is 34.1 Å². The Morgan fingerprint density at radius 2 is 1.94 bits per heavy atom. The summed E-state index contributed by atoms with van der Waals surface area (Å²) in [5.74, 6) is 1.12. The van der Waals surface area contributed by atoms with E-state index in [1.54, 1.807) is 57.5 Å². The maximum absolute atomic E-state index is 12.7. The molecule has 11 heteroatoms. The molecule has 2 amide bonds. The largest absolute Gasteiger partial charge is 0.497 e. The SMILES string of the molecule is COc1ccc(-c2nc(NC(=O)c3sc(NC(=O)c4ccco4)cc3C)n[nH]2)c(OC)c1. The Labute approximate surface area is 186 Å². The van der Waals surface area contributed by atoms with E-state index in [4.69, 9.17) is 13.9 Å². The van der Waals surface area contributed by atoms with Crippen LogP contribution < -0.4 is 20.1 Å². The minimum absolute atomic E-state index is 0.108. The first-order chi connectivity index (χ1) is 15.5. The predicted molar refractivity (Wildman–Crippen MR) is 119 cm³/mol. The van der Waals surface area contributed by atoms with E-state index in [1.807, 2.05) is 0 Å². The lowest BCUT2D eigenvalue weighted by atomic mass is 10.2. The van der Waals surface area contributed by atoms with Crippen molar-refractivity contribution in [1.82, 2.24) is 15.2 Å². The van der Waals surface area contributed by atoms with Crippen LogP contribution in [0.4, 0.5) is 10.9 Å². The van der Waals surface area contributed by atoms with Crippen molar-refractivity contribution in [2.45, 2.75) is 6.92 Å². The number of methoxy groups -OCH3 is 2. The molecule has 0 aliphatic rings. The van der Waals surface area contributed by atoms with Crippen molar-refractivity contribution in [1.29, 1.82) is 0 Å². The van der Waals surface area contributed by atoms with Crippen molar-refractivity contribution < 1.29 is 23.5 Å². The van der Waals surface area contributed by atoms with Crippen LogP contribution in [-0.2, 0) is 0 Å². The van der Waals surface area contributed by atoms with Gasteiger partial charge < -0.3 is 19.2 Å². The van der Waals surface area contributed by atoms with Crippen LogP contribution >= 0.6 is 11.3 Å². The van der Waals surface area contributed by atoms with Crippen molar-refractivity contribution in [3.63, 3.8) is 0 Å². The summed E-state index contributed by atoms with van der Waals surface area (Å²) < 4.78 is 15.7. The molecule has 0 saturated heterocycles. The zero-order valence-corrected chi connectivity index (χ0v) is 18.2. The summed E-state index contributed by atoms with van der Waals surface area (Å²) in [5, 5.41) is 12.8. The molecular weight excluding hydrogens is 434 g/mol. The lowest BCUT2D eigenvalue weighted by molar-refractivity contribution is 0.0995. The Balaban J connectivity index is 1.48. The Bertz CT molecular complexity index is 1260. The average Bonchev–Trinajstić information content (AvgIpc) is 3.54. The molecule has 0 fully saturated rings. The van der Waals surface area contributed by atoms with Crippen LogP contribution in [0.5, 0.6) is 11.5 Å². The number of nitrogens with zero attached hydrogens (tertiary/aromatic N) is 2. The van der Waals surface area contributed by atoms with Crippen LogP contribution in [0.1, 0.15) is 25.8 Å². The number of ether oxygens (including phenoxy) is 2. The summed E-state index contributed by atoms with van der Waals surface area (Å²) in [5.41, 5.74) is 1.37. The Kier molecular flexibility index (Phi) is 5.90. The second kappa shape index (κ2) is 8.94. The van der Waals surface area contributed by atoms with Gasteiger partial charge in [0.05, 0.1) is 35.9 Å². The normalized spacial score (nSPS) is 10.6. The number of nitrogens with one attached hydrogen (secondary N) is 3. The first-order valence-corrected chi connectivity index (χ1v) is 10.2. The van der Waals surface area contributed by atoms with E-state index in [9.17, 15) is 9.59 Å². The minimum atomic E-state index is -0.393. The number of furan rings is 1. The second-order valence-electron chi connectivity index (χ2n) is 6.58. The molecule has 3 N–H and O–H groups in total. The van der Waals surface area contributed by atoms with Gasteiger partial charge in [0.1, 0.15) is 11.5 Å². The fourth-order valence-corrected chi connectivity index (χ4v) is 3.90. The van der Waals surface area contributed by atoms with E-state index in [0.29, 0.717) is 38.3 Å². The summed E-state index contributed by atoms with van der Waals surface area (Å²) in [6.45, 7) is 1.78. The van der Waals surface area contributed by atoms with Crippen molar-refractivity contribution in [3.05, 3.63) is 58.9 Å². The smallest absolute Gasteiger partial charge is 0.291 e. The molecule has 3 aromatic heterocycles. The highest BCUT2D eigenvalue weighted by atomic mass is 32.1. The van der Waals surface area contributed by atoms with Crippen molar-refractivity contribution in [2.24, 2.45) is 0 Å². The number of hydrogen-bond donors (Lipinski definition) is 3. The highest BCUT2D eigenvalue weighted by molar-refractivity contribution is 7.18. The number of benzene rings is 1. The Morgan fingerprint density at radius 3 is 2.66 bits per heavy atom. The number of anilines is 2. The maximum atomic E-state index is 12.7. The highest BCUT2D eigenvalue weighted by Crippen LogP contribution is 2.32. The van der Waals surface area contributed by atoms with Gasteiger partial charge in [-0.25, -0.2) is 0 Å². The highest BCUT2D eigenvalue weighted by Gasteiger charge is 2.19. The lowest BCUT2D eigenvalue weighted by Crippen LogP contribution is -2.12. The molecule has 10 nitrogen and oxygen atoms in total. The molecule has 3 heterocycles. The number of aromatic nitrogens is 3. The fourth-order valence-electron chi connectivity index (χ4n) is 2.94. The van der Waals surface area contributed by atoms with Crippen LogP contribution in [0.3, 0.4) is 0 Å². The first-order valence-electron chi connectivity index (χ1n) is 9.40. The summed E-state index contributed by atoms with van der Waals surface area (Å²) in [6, 6.07) is 10.2. The third kappa shape index (κ3) is 4.32. The zero-order chi connectivity index (χ0) is 22.7. The molecule has 0 atom stereocenters. The molecule has 4 rings (SSSR count). The van der Waals surface area contributed by atoms with E-state index in [1.165, 1.54) is 6.26 Å². The first kappa shape index (κ1) is 21.1. The second-order valence-corrected chi connectivity index (χ2v) is 7.63. The molecule has 0 bridgehead atoms. The van der Waals surface area contributed by atoms with Gasteiger partial charge in [-0.15, -0.1) is 16.4 Å². The summed E-state index contributed by atoms with van der Waals surface area (Å²) in [7, 11) is 3.11. The van der Waals surface area contributed by atoms with Gasteiger partial charge in [-0.1, -0.05) is 0 Å². The third-order valence-electron chi connectivity index (χ3n) is 4.48. The summed E-state index contributed by atoms with van der Waals surface area (Å²) in [4.78, 5) is 29.6. The number of thiophene rings is 1. The lowest BCUT2D eigenvalue weighted by Gasteiger charge is -2.07. The molecule has 0 unspecified atom stereocenters. The summed E-state index contributed by atoms with van der Waals surface area (Å²) in [6.07, 6.45) is 1.42. The monoisotopic (exact) mass is 453 g/mol. The standard InChI is InChI=1S/C21H19N5O5S/c1-11-9-16(22-19(27)14-5-4-8-31-14)32-17(11)20(28)24-21-23-18(25-26-21)13-7-6-12(29-2)10-15(13)30-3/h4-10H,1-3H3,(H,22,27)(H2,23,24,25,26,28). The molecule has 0 saturated carbocycles. The van der Waals surface area contributed by atoms with E-state index < -0.39 is 11.8 Å². The van der Waals surface area contributed by atoms with Gasteiger partial charge in [0, 0.05) is 6.07 Å². The Morgan fingerprint density at radius 1 is 1.09 bits per heavy atom. The zero-order valence-electron chi connectivity index (χ0n) is 17.4. The van der Waals surface area contributed by atoms with Gasteiger partial charge in [-0.05, 0) is 42.8 Å². The molecule has 0 radical (unpaired) electrons. The number of aromatic amines is 1. The summed E-state index contributed by atoms with van der Waals surface area (Å²) >= 11 is 1.14. The van der Waals surface area contributed by atoms with Crippen LogP contribution in [0.2, 0.25) is 0 Å². The Hall–Kier alpha value is -4.12. The fraction of sp³-hybridized carbons (Fsp3) is 0.143.